The topological polar surface area (TPSA) is 46.6 Å². The van der Waals surface area contributed by atoms with Crippen LogP contribution in [0.4, 0.5) is 5.69 Å². The Morgan fingerprint density at radius 3 is 2.25 bits per heavy atom. The molecular weight excluding hydrogens is 445 g/mol. The van der Waals surface area contributed by atoms with Gasteiger partial charge in [0.2, 0.25) is 11.8 Å². The lowest BCUT2D eigenvalue weighted by molar-refractivity contribution is -0.122. The van der Waals surface area contributed by atoms with Crippen molar-refractivity contribution in [3.05, 3.63) is 88.4 Å². The van der Waals surface area contributed by atoms with Gasteiger partial charge in [0.15, 0.2) is 0 Å². The van der Waals surface area contributed by atoms with E-state index in [0.29, 0.717) is 39.6 Å². The summed E-state index contributed by atoms with van der Waals surface area (Å²) in [5.41, 5.74) is 1.81. The summed E-state index contributed by atoms with van der Waals surface area (Å²) >= 11 is 12.1. The van der Waals surface area contributed by atoms with Gasteiger partial charge in [0.1, 0.15) is 11.5 Å². The summed E-state index contributed by atoms with van der Waals surface area (Å²) in [6.07, 6.45) is 2.38. The number of nitrogens with zero attached hydrogens (tertiary/aromatic N) is 1. The van der Waals surface area contributed by atoms with E-state index in [1.165, 1.54) is 10.5 Å². The molecule has 0 unspecified atom stereocenters. The van der Waals surface area contributed by atoms with Gasteiger partial charge in [0.05, 0.1) is 22.5 Å². The molecule has 1 saturated heterocycles. The van der Waals surface area contributed by atoms with Gasteiger partial charge in [-0.25, -0.2) is 0 Å². The Bertz CT molecular complexity index is 1160. The molecule has 2 aliphatic rings. The minimum Gasteiger partial charge on any atom is -0.456 e. The third-order valence-electron chi connectivity index (χ3n) is 6.41. The van der Waals surface area contributed by atoms with Crippen LogP contribution < -0.4 is 9.64 Å². The van der Waals surface area contributed by atoms with Gasteiger partial charge in [-0.05, 0) is 73.2 Å². The first kappa shape index (κ1) is 21.0. The Morgan fingerprint density at radius 1 is 0.812 bits per heavy atom. The molecule has 5 rings (SSSR count). The fraction of sp³-hybridized carbons (Fsp3) is 0.231. The zero-order valence-corrected chi connectivity index (χ0v) is 18.7. The van der Waals surface area contributed by atoms with Gasteiger partial charge in [-0.3, -0.25) is 14.5 Å². The smallest absolute Gasteiger partial charge is 0.237 e. The Morgan fingerprint density at radius 2 is 1.53 bits per heavy atom. The molecule has 2 amide bonds. The highest BCUT2D eigenvalue weighted by Crippen LogP contribution is 2.45. The summed E-state index contributed by atoms with van der Waals surface area (Å²) in [5.74, 6) is 0.662. The number of anilines is 1. The number of halogens is 2. The predicted octanol–water partition coefficient (Wildman–Crippen LogP) is 6.86. The molecule has 1 aliphatic heterocycles. The van der Waals surface area contributed by atoms with Crippen LogP contribution in [-0.2, 0) is 9.59 Å². The van der Waals surface area contributed by atoms with Crippen molar-refractivity contribution in [3.8, 4) is 11.5 Å². The maximum atomic E-state index is 13.2. The van der Waals surface area contributed by atoms with E-state index in [-0.39, 0.29) is 23.7 Å². The first-order chi connectivity index (χ1) is 15.5. The fourth-order valence-corrected chi connectivity index (χ4v) is 5.26. The van der Waals surface area contributed by atoms with E-state index in [0.717, 1.165) is 12.8 Å². The highest BCUT2D eigenvalue weighted by molar-refractivity contribution is 6.35. The number of ether oxygens (including phenoxy) is 1. The van der Waals surface area contributed by atoms with E-state index in [9.17, 15) is 9.59 Å². The number of hydrogen-bond acceptors (Lipinski definition) is 3. The molecule has 0 bridgehead atoms. The van der Waals surface area contributed by atoms with E-state index in [2.05, 4.69) is 12.1 Å². The zero-order chi connectivity index (χ0) is 22.2. The van der Waals surface area contributed by atoms with Crippen LogP contribution in [0.5, 0.6) is 11.5 Å². The third-order valence-corrected chi connectivity index (χ3v) is 6.94. The summed E-state index contributed by atoms with van der Waals surface area (Å²) in [6.45, 7) is 0. The van der Waals surface area contributed by atoms with Crippen LogP contribution in [0, 0.1) is 11.8 Å². The summed E-state index contributed by atoms with van der Waals surface area (Å²) in [7, 11) is 0. The fourth-order valence-electron chi connectivity index (χ4n) is 4.81. The lowest BCUT2D eigenvalue weighted by Crippen LogP contribution is -2.30. The zero-order valence-electron chi connectivity index (χ0n) is 17.2. The van der Waals surface area contributed by atoms with Crippen molar-refractivity contribution >= 4 is 40.7 Å². The molecule has 0 N–H and O–H groups in total. The summed E-state index contributed by atoms with van der Waals surface area (Å²) in [6, 6.07) is 22.2. The molecule has 0 spiro atoms. The minimum atomic E-state index is -0.259. The molecule has 0 radical (unpaired) electrons. The second kappa shape index (κ2) is 8.61. The predicted molar refractivity (Wildman–Crippen MR) is 125 cm³/mol. The number of carbonyl (C=O) groups excluding carboxylic acids is 2. The van der Waals surface area contributed by atoms with Gasteiger partial charge in [0, 0.05) is 5.02 Å². The van der Waals surface area contributed by atoms with Gasteiger partial charge in [0.25, 0.3) is 0 Å². The minimum absolute atomic E-state index is 0.0964. The standard InChI is InChI=1S/C26H21Cl2NO3/c27-18-7-13-24(23(28)15-18)32-20-10-8-19(9-11-20)29-25(30)21-12-6-17(14-22(21)26(29)31)16-4-2-1-3-5-16/h1-5,7-11,13,15,17,21-22H,6,12,14H2/t17-,21+,22+/m0/s1. The summed E-state index contributed by atoms with van der Waals surface area (Å²) in [4.78, 5) is 27.7. The SMILES string of the molecule is O=C1[C@@H]2CC[C@H](c3ccccc3)C[C@H]2C(=O)N1c1ccc(Oc2ccc(Cl)cc2Cl)cc1. The Kier molecular flexibility index (Phi) is 5.66. The van der Waals surface area contributed by atoms with Crippen LogP contribution in [0.3, 0.4) is 0 Å². The number of imide groups is 1. The number of hydrogen-bond donors (Lipinski definition) is 0. The monoisotopic (exact) mass is 465 g/mol. The second-order valence-corrected chi connectivity index (χ2v) is 9.16. The number of amides is 2. The van der Waals surface area contributed by atoms with Gasteiger partial charge in [-0.2, -0.15) is 0 Å². The lowest BCUT2D eigenvalue weighted by atomic mass is 9.73. The molecule has 3 aromatic carbocycles. The van der Waals surface area contributed by atoms with Crippen LogP contribution in [0.15, 0.2) is 72.8 Å². The molecule has 1 heterocycles. The summed E-state index contributed by atoms with van der Waals surface area (Å²) in [5, 5.41) is 0.934. The van der Waals surface area contributed by atoms with E-state index < -0.39 is 0 Å². The Hall–Kier alpha value is -2.82. The third kappa shape index (κ3) is 3.89. The first-order valence-electron chi connectivity index (χ1n) is 10.7. The summed E-state index contributed by atoms with van der Waals surface area (Å²) < 4.78 is 5.81. The maximum Gasteiger partial charge on any atom is 0.237 e. The molecule has 162 valence electrons. The van der Waals surface area contributed by atoms with Crippen LogP contribution in [-0.4, -0.2) is 11.8 Å². The number of benzene rings is 3. The Balaban J connectivity index is 1.33. The normalized spacial score (nSPS) is 22.7. The van der Waals surface area contributed by atoms with Crippen molar-refractivity contribution in [2.24, 2.45) is 11.8 Å². The average molecular weight is 466 g/mol. The molecule has 3 aromatic rings. The quantitative estimate of drug-likeness (QED) is 0.395. The first-order valence-corrected chi connectivity index (χ1v) is 11.4. The van der Waals surface area contributed by atoms with Crippen LogP contribution >= 0.6 is 23.2 Å². The Labute approximate surface area is 196 Å². The largest absolute Gasteiger partial charge is 0.456 e. The molecular formula is C26H21Cl2NO3. The van der Waals surface area contributed by atoms with E-state index in [1.54, 1.807) is 42.5 Å². The van der Waals surface area contributed by atoms with Gasteiger partial charge in [-0.15, -0.1) is 0 Å². The van der Waals surface area contributed by atoms with Gasteiger partial charge < -0.3 is 4.74 Å². The van der Waals surface area contributed by atoms with Crippen molar-refractivity contribution < 1.29 is 14.3 Å². The molecule has 3 atom stereocenters. The van der Waals surface area contributed by atoms with Gasteiger partial charge >= 0.3 is 0 Å². The van der Waals surface area contributed by atoms with Crippen LogP contribution in [0.25, 0.3) is 0 Å². The molecule has 2 fully saturated rings. The van der Waals surface area contributed by atoms with Crippen molar-refractivity contribution in [1.82, 2.24) is 0 Å². The highest BCUT2D eigenvalue weighted by atomic mass is 35.5. The molecule has 0 aromatic heterocycles. The highest BCUT2D eigenvalue weighted by Gasteiger charge is 2.50. The van der Waals surface area contributed by atoms with E-state index in [4.69, 9.17) is 27.9 Å². The molecule has 1 saturated carbocycles. The van der Waals surface area contributed by atoms with Crippen molar-refractivity contribution in [3.63, 3.8) is 0 Å². The van der Waals surface area contributed by atoms with E-state index in [1.807, 2.05) is 18.2 Å². The molecule has 32 heavy (non-hydrogen) atoms. The maximum absolute atomic E-state index is 13.2. The van der Waals surface area contributed by atoms with Crippen molar-refractivity contribution in [2.45, 2.75) is 25.2 Å². The molecule has 6 heteroatoms. The molecule has 4 nitrogen and oxygen atoms in total. The number of rotatable bonds is 4. The number of carbonyl (C=O) groups is 2. The van der Waals surface area contributed by atoms with E-state index >= 15 is 0 Å². The lowest BCUT2D eigenvalue weighted by Gasteiger charge is -2.28. The van der Waals surface area contributed by atoms with Crippen LogP contribution in [0.1, 0.15) is 30.7 Å². The van der Waals surface area contributed by atoms with Crippen molar-refractivity contribution in [1.29, 1.82) is 0 Å². The average Bonchev–Trinajstić information content (AvgIpc) is 3.06. The van der Waals surface area contributed by atoms with Gasteiger partial charge in [-0.1, -0.05) is 53.5 Å². The van der Waals surface area contributed by atoms with Crippen LogP contribution in [0.2, 0.25) is 10.0 Å². The number of fused-ring (bicyclic) bond motifs is 1. The second-order valence-electron chi connectivity index (χ2n) is 8.32. The molecule has 1 aliphatic carbocycles. The van der Waals surface area contributed by atoms with Crippen molar-refractivity contribution in [2.75, 3.05) is 4.90 Å².